The number of carbonyl (C=O) groups is 3. The van der Waals surface area contributed by atoms with Gasteiger partial charge in [-0.1, -0.05) is 17.7 Å². The van der Waals surface area contributed by atoms with Crippen molar-refractivity contribution < 1.29 is 37.0 Å². The summed E-state index contributed by atoms with van der Waals surface area (Å²) < 4.78 is 47.6. The quantitative estimate of drug-likeness (QED) is 0.745. The van der Waals surface area contributed by atoms with E-state index in [1.807, 2.05) is 0 Å². The molecule has 0 fully saturated rings. The van der Waals surface area contributed by atoms with Crippen LogP contribution in [-0.4, -0.2) is 38.1 Å². The first kappa shape index (κ1) is 21.0. The number of amides is 1. The fourth-order valence-corrected chi connectivity index (χ4v) is 3.66. The van der Waals surface area contributed by atoms with Crippen molar-refractivity contribution in [1.82, 2.24) is 5.32 Å². The van der Waals surface area contributed by atoms with E-state index in [1.165, 1.54) is 6.07 Å². The van der Waals surface area contributed by atoms with Crippen LogP contribution in [-0.2, 0) is 25.2 Å². The summed E-state index contributed by atoms with van der Waals surface area (Å²) in [4.78, 5) is 35.5. The molecule has 0 aliphatic carbocycles. The topological polar surface area (TPSA) is 81.7 Å². The maximum Gasteiger partial charge on any atom is 0.416 e. The van der Waals surface area contributed by atoms with Crippen LogP contribution in [0.3, 0.4) is 0 Å². The molecule has 6 nitrogen and oxygen atoms in total. The fourth-order valence-electron chi connectivity index (χ4n) is 2.20. The van der Waals surface area contributed by atoms with Gasteiger partial charge in [-0.25, -0.2) is 4.79 Å². The second kappa shape index (κ2) is 8.13. The molecule has 146 valence electrons. The van der Waals surface area contributed by atoms with E-state index in [-0.39, 0.29) is 20.0 Å². The van der Waals surface area contributed by atoms with Crippen molar-refractivity contribution >= 4 is 50.9 Å². The van der Waals surface area contributed by atoms with E-state index in [0.717, 1.165) is 37.7 Å². The van der Waals surface area contributed by atoms with Crippen LogP contribution >= 0.6 is 22.9 Å². The van der Waals surface area contributed by atoms with Crippen LogP contribution in [0.4, 0.5) is 13.2 Å². The van der Waals surface area contributed by atoms with Gasteiger partial charge in [0.2, 0.25) is 0 Å². The Kier molecular flexibility index (Phi) is 6.32. The maximum atomic E-state index is 12.8. The van der Waals surface area contributed by atoms with Gasteiger partial charge >= 0.3 is 18.1 Å². The number of benzene rings is 1. The zero-order valence-corrected chi connectivity index (χ0v) is 15.6. The van der Waals surface area contributed by atoms with E-state index >= 15 is 0 Å². The van der Waals surface area contributed by atoms with Crippen molar-refractivity contribution in [1.29, 1.82) is 0 Å². The van der Waals surface area contributed by atoms with Gasteiger partial charge in [-0.05, 0) is 12.1 Å². The number of carbonyl (C=O) groups excluding carboxylic acids is 3. The molecule has 0 spiro atoms. The van der Waals surface area contributed by atoms with Crippen molar-refractivity contribution in [2.24, 2.45) is 0 Å². The van der Waals surface area contributed by atoms with Gasteiger partial charge in [0.25, 0.3) is 5.91 Å². The van der Waals surface area contributed by atoms with Crippen LogP contribution in [0, 0.1) is 0 Å². The summed E-state index contributed by atoms with van der Waals surface area (Å²) >= 11 is 6.85. The number of hydrogen-bond donors (Lipinski definition) is 1. The molecule has 1 aromatic heterocycles. The lowest BCUT2D eigenvalue weighted by Crippen LogP contribution is -2.43. The van der Waals surface area contributed by atoms with Gasteiger partial charge in [0.05, 0.1) is 31.2 Å². The number of methoxy groups -OCH3 is 2. The average Bonchev–Trinajstić information content (AvgIpc) is 2.95. The summed E-state index contributed by atoms with van der Waals surface area (Å²) in [5.41, 5.74) is -0.877. The van der Waals surface area contributed by atoms with E-state index in [9.17, 15) is 27.6 Å². The molecular formula is C16H13ClF3NO5S. The minimum absolute atomic E-state index is 0.0529. The molecule has 0 bridgehead atoms. The molecule has 1 amide bonds. The zero-order valence-electron chi connectivity index (χ0n) is 14.0. The van der Waals surface area contributed by atoms with Gasteiger partial charge in [0.15, 0.2) is 0 Å². The SMILES string of the molecule is COC(=O)C[C@H](NC(=O)c1sc2cc(C(F)(F)F)ccc2c1Cl)C(=O)OC. The molecule has 0 aliphatic heterocycles. The number of alkyl halides is 3. The number of esters is 2. The number of thiophene rings is 1. The first-order chi connectivity index (χ1) is 12.6. The van der Waals surface area contributed by atoms with Crippen LogP contribution in [0.2, 0.25) is 5.02 Å². The predicted molar refractivity (Wildman–Crippen MR) is 91.7 cm³/mol. The van der Waals surface area contributed by atoms with Crippen molar-refractivity contribution in [3.05, 3.63) is 33.7 Å². The summed E-state index contributed by atoms with van der Waals surface area (Å²) in [6, 6.07) is 1.58. The third-order valence-corrected chi connectivity index (χ3v) is 5.21. The minimum Gasteiger partial charge on any atom is -0.469 e. The number of rotatable bonds is 5. The summed E-state index contributed by atoms with van der Waals surface area (Å²) in [5.74, 6) is -2.47. The molecular weight excluding hydrogens is 411 g/mol. The second-order valence-corrected chi connectivity index (χ2v) is 6.71. The molecule has 2 rings (SSSR count). The number of hydrogen-bond acceptors (Lipinski definition) is 6. The Morgan fingerprint density at radius 1 is 1.22 bits per heavy atom. The van der Waals surface area contributed by atoms with Gasteiger partial charge in [0, 0.05) is 10.1 Å². The molecule has 1 atom stereocenters. The highest BCUT2D eigenvalue weighted by Gasteiger charge is 2.32. The van der Waals surface area contributed by atoms with Crippen LogP contribution in [0.5, 0.6) is 0 Å². The normalized spacial score (nSPS) is 12.5. The number of halogens is 4. The van der Waals surface area contributed by atoms with Gasteiger partial charge < -0.3 is 14.8 Å². The number of nitrogens with one attached hydrogen (secondary N) is 1. The molecule has 0 saturated heterocycles. The molecule has 0 radical (unpaired) electrons. The molecule has 0 aliphatic rings. The molecule has 0 unspecified atom stereocenters. The Morgan fingerprint density at radius 2 is 1.89 bits per heavy atom. The Morgan fingerprint density at radius 3 is 2.44 bits per heavy atom. The zero-order chi connectivity index (χ0) is 20.4. The molecule has 27 heavy (non-hydrogen) atoms. The van der Waals surface area contributed by atoms with E-state index in [2.05, 4.69) is 14.8 Å². The fraction of sp³-hybridized carbons (Fsp3) is 0.312. The van der Waals surface area contributed by atoms with Crippen molar-refractivity contribution in [3.63, 3.8) is 0 Å². The Balaban J connectivity index is 2.34. The minimum atomic E-state index is -4.54. The van der Waals surface area contributed by atoms with Crippen LogP contribution < -0.4 is 5.32 Å². The van der Waals surface area contributed by atoms with Crippen molar-refractivity contribution in [2.75, 3.05) is 14.2 Å². The van der Waals surface area contributed by atoms with E-state index in [1.54, 1.807) is 0 Å². The maximum absolute atomic E-state index is 12.8. The molecule has 2 aromatic rings. The number of ether oxygens (including phenoxy) is 2. The van der Waals surface area contributed by atoms with Crippen LogP contribution in [0.25, 0.3) is 10.1 Å². The van der Waals surface area contributed by atoms with E-state index in [0.29, 0.717) is 0 Å². The Bertz CT molecular complexity index is 896. The van der Waals surface area contributed by atoms with Crippen LogP contribution in [0.1, 0.15) is 21.7 Å². The highest BCUT2D eigenvalue weighted by Crippen LogP contribution is 2.39. The van der Waals surface area contributed by atoms with Crippen molar-refractivity contribution in [3.8, 4) is 0 Å². The lowest BCUT2D eigenvalue weighted by atomic mass is 10.1. The largest absolute Gasteiger partial charge is 0.469 e. The third-order valence-electron chi connectivity index (χ3n) is 3.55. The van der Waals surface area contributed by atoms with Gasteiger partial charge in [-0.15, -0.1) is 11.3 Å². The highest BCUT2D eigenvalue weighted by atomic mass is 35.5. The first-order valence-corrected chi connectivity index (χ1v) is 8.52. The third kappa shape index (κ3) is 4.69. The average molecular weight is 424 g/mol. The number of fused-ring (bicyclic) bond motifs is 1. The summed E-state index contributed by atoms with van der Waals surface area (Å²) in [6.07, 6.45) is -5.01. The summed E-state index contributed by atoms with van der Waals surface area (Å²) in [7, 11) is 2.18. The second-order valence-electron chi connectivity index (χ2n) is 5.28. The summed E-state index contributed by atoms with van der Waals surface area (Å²) in [5, 5.41) is 2.50. The van der Waals surface area contributed by atoms with E-state index in [4.69, 9.17) is 11.6 Å². The predicted octanol–water partition coefficient (Wildman–Crippen LogP) is 3.41. The van der Waals surface area contributed by atoms with Crippen molar-refractivity contribution in [2.45, 2.75) is 18.6 Å². The molecule has 0 saturated carbocycles. The van der Waals surface area contributed by atoms with Gasteiger partial charge in [-0.2, -0.15) is 13.2 Å². The molecule has 1 N–H and O–H groups in total. The van der Waals surface area contributed by atoms with E-state index < -0.39 is 42.0 Å². The standard InChI is InChI=1S/C16H13ClF3NO5S/c1-25-11(22)6-9(15(24)26-2)21-14(23)13-12(17)8-4-3-7(16(18,19)20)5-10(8)27-13/h3-5,9H,6H2,1-2H3,(H,21,23)/t9-/m0/s1. The summed E-state index contributed by atoms with van der Waals surface area (Å²) in [6.45, 7) is 0. The first-order valence-electron chi connectivity index (χ1n) is 7.33. The molecule has 1 aromatic carbocycles. The smallest absolute Gasteiger partial charge is 0.416 e. The molecule has 1 heterocycles. The molecule has 11 heteroatoms. The van der Waals surface area contributed by atoms with Crippen LogP contribution in [0.15, 0.2) is 18.2 Å². The van der Waals surface area contributed by atoms with Gasteiger partial charge in [-0.3, -0.25) is 9.59 Å². The Hall–Kier alpha value is -2.33. The highest BCUT2D eigenvalue weighted by molar-refractivity contribution is 7.21. The van der Waals surface area contributed by atoms with Gasteiger partial charge in [0.1, 0.15) is 10.9 Å². The lowest BCUT2D eigenvalue weighted by molar-refractivity contribution is -0.149. The monoisotopic (exact) mass is 423 g/mol. The lowest BCUT2D eigenvalue weighted by Gasteiger charge is -2.14. The Labute approximate surface area is 160 Å².